The molecule has 5 heteroatoms. The van der Waals surface area contributed by atoms with E-state index < -0.39 is 0 Å². The normalized spacial score (nSPS) is 11.7. The number of amides is 1. The first-order valence-corrected chi connectivity index (χ1v) is 8.40. The Labute approximate surface area is 143 Å². The molecule has 5 nitrogen and oxygen atoms in total. The number of hydrogen-bond acceptors (Lipinski definition) is 3. The van der Waals surface area contributed by atoms with Crippen molar-refractivity contribution in [1.29, 1.82) is 0 Å². The maximum atomic E-state index is 11.1. The molecule has 0 atom stereocenters. The molecule has 0 aliphatic heterocycles. The molecule has 0 radical (unpaired) electrons. The van der Waals surface area contributed by atoms with Crippen LogP contribution < -0.4 is 5.48 Å². The van der Waals surface area contributed by atoms with Crippen molar-refractivity contribution >= 4 is 22.9 Å². The molecule has 0 saturated carbocycles. The molecule has 24 heavy (non-hydrogen) atoms. The maximum Gasteiger partial charge on any atom is 0.257 e. The third-order valence-electron chi connectivity index (χ3n) is 4.32. The van der Waals surface area contributed by atoms with Crippen LogP contribution in [0.1, 0.15) is 31.0 Å². The van der Waals surface area contributed by atoms with Gasteiger partial charge in [-0.15, -0.1) is 0 Å². The third kappa shape index (κ3) is 4.24. The fraction of sp³-hybridized carbons (Fsp3) is 0.421. The lowest BCUT2D eigenvalue weighted by Gasteiger charge is -2.15. The quantitative estimate of drug-likeness (QED) is 0.444. The van der Waals surface area contributed by atoms with Crippen LogP contribution >= 0.6 is 0 Å². The van der Waals surface area contributed by atoms with E-state index in [0.29, 0.717) is 0 Å². The predicted octanol–water partition coefficient (Wildman–Crippen LogP) is 3.20. The number of nitrogens with zero attached hydrogens (tertiary/aromatic N) is 2. The van der Waals surface area contributed by atoms with Crippen molar-refractivity contribution in [2.24, 2.45) is 0 Å². The number of hydrogen-bond donors (Lipinski definition) is 2. The van der Waals surface area contributed by atoms with E-state index in [-0.39, 0.29) is 12.5 Å². The smallest absolute Gasteiger partial charge is 0.257 e. The van der Waals surface area contributed by atoms with E-state index in [2.05, 4.69) is 47.9 Å². The number of unbranched alkanes of at least 4 members (excludes halogenated alkanes) is 1. The minimum absolute atomic E-state index is 0.216. The number of likely N-dealkylation sites (N-methyl/N-ethyl adjacent to an activating group) is 1. The Kier molecular flexibility index (Phi) is 6.58. The summed E-state index contributed by atoms with van der Waals surface area (Å²) in [5.41, 5.74) is 5.53. The number of aromatic nitrogens is 1. The summed E-state index contributed by atoms with van der Waals surface area (Å²) >= 11 is 0. The van der Waals surface area contributed by atoms with Crippen LogP contribution in [0.5, 0.6) is 0 Å². The lowest BCUT2D eigenvalue weighted by molar-refractivity contribution is -0.130. The van der Waals surface area contributed by atoms with E-state index in [1.165, 1.54) is 22.2 Å². The molecule has 0 aliphatic rings. The molecule has 2 rings (SSSR count). The Morgan fingerprint density at radius 2 is 2.08 bits per heavy atom. The average Bonchev–Trinajstić information content (AvgIpc) is 2.84. The van der Waals surface area contributed by atoms with E-state index in [4.69, 9.17) is 5.21 Å². The molecule has 0 fully saturated rings. The zero-order valence-electron chi connectivity index (χ0n) is 14.7. The molecular weight excluding hydrogens is 302 g/mol. The minimum Gasteiger partial charge on any atom is -0.344 e. The van der Waals surface area contributed by atoms with Crippen LogP contribution in [-0.4, -0.2) is 40.7 Å². The van der Waals surface area contributed by atoms with Gasteiger partial charge in [-0.1, -0.05) is 30.4 Å². The number of fused-ring (bicyclic) bond motifs is 1. The van der Waals surface area contributed by atoms with Crippen molar-refractivity contribution in [3.05, 3.63) is 41.6 Å². The van der Waals surface area contributed by atoms with Gasteiger partial charge in [0.1, 0.15) is 0 Å². The van der Waals surface area contributed by atoms with Crippen molar-refractivity contribution in [3.63, 3.8) is 0 Å². The van der Waals surface area contributed by atoms with E-state index in [1.807, 2.05) is 18.9 Å². The molecular formula is C19H27N3O2. The van der Waals surface area contributed by atoms with Gasteiger partial charge in [-0.05, 0) is 46.3 Å². The van der Waals surface area contributed by atoms with Gasteiger partial charge in [0.15, 0.2) is 0 Å². The first kappa shape index (κ1) is 18.2. The molecule has 1 amide bonds. The molecule has 0 unspecified atom stereocenters. The number of carbonyl (C=O) groups is 1. The molecule has 0 saturated heterocycles. The second kappa shape index (κ2) is 8.66. The summed E-state index contributed by atoms with van der Waals surface area (Å²) in [4.78, 5) is 13.0. The average molecular weight is 329 g/mol. The molecule has 0 spiro atoms. The second-order valence-electron chi connectivity index (χ2n) is 6.15. The van der Waals surface area contributed by atoms with Crippen molar-refractivity contribution < 1.29 is 10.0 Å². The van der Waals surface area contributed by atoms with E-state index in [1.54, 1.807) is 5.48 Å². The van der Waals surface area contributed by atoms with Crippen LogP contribution in [0.2, 0.25) is 0 Å². The van der Waals surface area contributed by atoms with Crippen LogP contribution in [0.3, 0.4) is 0 Å². The van der Waals surface area contributed by atoms with Crippen molar-refractivity contribution in [3.8, 4) is 0 Å². The summed E-state index contributed by atoms with van der Waals surface area (Å²) in [6, 6.07) is 8.52. The maximum absolute atomic E-state index is 11.1. The van der Waals surface area contributed by atoms with Gasteiger partial charge < -0.3 is 4.57 Å². The molecule has 130 valence electrons. The topological polar surface area (TPSA) is 57.5 Å². The summed E-state index contributed by atoms with van der Waals surface area (Å²) in [5.74, 6) is -0.374. The standard InChI is InChI=1S/C19H27N3O2/c1-4-9-16-15(2)22(18-11-6-5-10-17(16)18)13-8-7-12-21(3)14-19(23)20-24/h4-6,9-11,24H,7-8,12-14H2,1-3H3,(H,20,23)/b9-4-. The van der Waals surface area contributed by atoms with E-state index >= 15 is 0 Å². The summed E-state index contributed by atoms with van der Waals surface area (Å²) in [7, 11) is 1.88. The molecule has 0 aliphatic carbocycles. The first-order chi connectivity index (χ1) is 11.6. The van der Waals surface area contributed by atoms with Gasteiger partial charge in [0, 0.05) is 28.7 Å². The molecule has 2 N–H and O–H groups in total. The van der Waals surface area contributed by atoms with Crippen molar-refractivity contribution in [2.75, 3.05) is 20.1 Å². The highest BCUT2D eigenvalue weighted by Gasteiger charge is 2.11. The van der Waals surface area contributed by atoms with E-state index in [0.717, 1.165) is 25.9 Å². The first-order valence-electron chi connectivity index (χ1n) is 8.40. The Bertz CT molecular complexity index is 719. The van der Waals surface area contributed by atoms with Crippen molar-refractivity contribution in [1.82, 2.24) is 14.9 Å². The van der Waals surface area contributed by atoms with Crippen LogP contribution in [0.25, 0.3) is 17.0 Å². The lowest BCUT2D eigenvalue weighted by Crippen LogP contribution is -2.33. The summed E-state index contributed by atoms with van der Waals surface area (Å²) in [5, 5.41) is 9.84. The third-order valence-corrected chi connectivity index (χ3v) is 4.32. The largest absolute Gasteiger partial charge is 0.344 e. The Hall–Kier alpha value is -2.11. The van der Waals surface area contributed by atoms with Crippen molar-refractivity contribution in [2.45, 2.75) is 33.2 Å². The zero-order chi connectivity index (χ0) is 17.5. The van der Waals surface area contributed by atoms with Gasteiger partial charge in [0.25, 0.3) is 5.91 Å². The summed E-state index contributed by atoms with van der Waals surface area (Å²) < 4.78 is 2.38. The predicted molar refractivity (Wildman–Crippen MR) is 98.0 cm³/mol. The number of para-hydroxylation sites is 1. The molecule has 1 aromatic heterocycles. The highest BCUT2D eigenvalue weighted by molar-refractivity contribution is 5.91. The number of hydroxylamine groups is 1. The number of rotatable bonds is 8. The summed E-state index contributed by atoms with van der Waals surface area (Å²) in [6.07, 6.45) is 6.30. The molecule has 0 bridgehead atoms. The molecule has 1 heterocycles. The highest BCUT2D eigenvalue weighted by atomic mass is 16.5. The number of benzene rings is 1. The SMILES string of the molecule is C/C=C\c1c(C)n(CCCCN(C)CC(=O)NO)c2ccccc12. The lowest BCUT2D eigenvalue weighted by atomic mass is 10.1. The molecule has 2 aromatic rings. The van der Waals surface area contributed by atoms with Crippen LogP contribution in [-0.2, 0) is 11.3 Å². The van der Waals surface area contributed by atoms with Gasteiger partial charge in [0.05, 0.1) is 6.54 Å². The molecule has 1 aromatic carbocycles. The number of aryl methyl sites for hydroxylation is 1. The zero-order valence-corrected chi connectivity index (χ0v) is 14.7. The Balaban J connectivity index is 2.00. The Morgan fingerprint density at radius 1 is 1.33 bits per heavy atom. The van der Waals surface area contributed by atoms with Crippen LogP contribution in [0.15, 0.2) is 30.3 Å². The fourth-order valence-electron chi connectivity index (χ4n) is 3.13. The Morgan fingerprint density at radius 3 is 2.79 bits per heavy atom. The minimum atomic E-state index is -0.374. The van der Waals surface area contributed by atoms with Gasteiger partial charge in [0.2, 0.25) is 0 Å². The van der Waals surface area contributed by atoms with Crippen LogP contribution in [0, 0.1) is 6.92 Å². The highest BCUT2D eigenvalue weighted by Crippen LogP contribution is 2.27. The van der Waals surface area contributed by atoms with Gasteiger partial charge in [-0.3, -0.25) is 14.9 Å². The second-order valence-corrected chi connectivity index (χ2v) is 6.15. The monoisotopic (exact) mass is 329 g/mol. The number of allylic oxidation sites excluding steroid dienone is 1. The number of carbonyl (C=O) groups excluding carboxylic acids is 1. The van der Waals surface area contributed by atoms with Gasteiger partial charge >= 0.3 is 0 Å². The van der Waals surface area contributed by atoms with Gasteiger partial charge in [-0.2, -0.15) is 0 Å². The van der Waals surface area contributed by atoms with Crippen LogP contribution in [0.4, 0.5) is 0 Å². The fourth-order valence-corrected chi connectivity index (χ4v) is 3.13. The number of nitrogens with one attached hydrogen (secondary N) is 1. The van der Waals surface area contributed by atoms with E-state index in [9.17, 15) is 4.79 Å². The summed E-state index contributed by atoms with van der Waals surface area (Å²) in [6.45, 7) is 6.22. The van der Waals surface area contributed by atoms with Gasteiger partial charge in [-0.25, -0.2) is 5.48 Å².